The van der Waals surface area contributed by atoms with Crippen LogP contribution >= 0.6 is 15.9 Å². The number of nitrogens with zero attached hydrogens (tertiary/aromatic N) is 2. The first-order valence-corrected chi connectivity index (χ1v) is 9.09. The van der Waals surface area contributed by atoms with Gasteiger partial charge in [0.1, 0.15) is 5.82 Å². The second-order valence-corrected chi connectivity index (χ2v) is 7.23. The van der Waals surface area contributed by atoms with E-state index in [4.69, 9.17) is 0 Å². The smallest absolute Gasteiger partial charge is 0.223 e. The summed E-state index contributed by atoms with van der Waals surface area (Å²) < 4.78 is 14.9. The van der Waals surface area contributed by atoms with Gasteiger partial charge in [0.05, 0.1) is 0 Å². The number of carbonyl (C=O) groups is 1. The number of benzene rings is 1. The first-order chi connectivity index (χ1) is 11.1. The van der Waals surface area contributed by atoms with Gasteiger partial charge in [-0.3, -0.25) is 9.69 Å². The van der Waals surface area contributed by atoms with Crippen LogP contribution in [0.1, 0.15) is 24.8 Å². The molecule has 126 valence electrons. The van der Waals surface area contributed by atoms with Crippen molar-refractivity contribution in [2.45, 2.75) is 31.8 Å². The summed E-state index contributed by atoms with van der Waals surface area (Å²) in [5.74, 6) is 0.0409. The SMILES string of the molecule is O=C(CCN(Cc1cc(Br)ccc1F)C1CC1)N1CCNCC1. The number of amides is 1. The van der Waals surface area contributed by atoms with Crippen molar-refractivity contribution < 1.29 is 9.18 Å². The molecule has 1 amide bonds. The Morgan fingerprint density at radius 2 is 2.09 bits per heavy atom. The van der Waals surface area contributed by atoms with Gasteiger partial charge in [-0.15, -0.1) is 0 Å². The topological polar surface area (TPSA) is 35.6 Å². The molecule has 0 unspecified atom stereocenters. The Hall–Kier alpha value is -0.980. The van der Waals surface area contributed by atoms with Crippen molar-refractivity contribution in [2.75, 3.05) is 32.7 Å². The highest BCUT2D eigenvalue weighted by Crippen LogP contribution is 2.29. The fourth-order valence-electron chi connectivity index (χ4n) is 3.03. The third-order valence-electron chi connectivity index (χ3n) is 4.53. The highest BCUT2D eigenvalue weighted by molar-refractivity contribution is 9.10. The van der Waals surface area contributed by atoms with Gasteiger partial charge in [0, 0.05) is 61.8 Å². The number of carbonyl (C=O) groups excluding carboxylic acids is 1. The second kappa shape index (κ2) is 7.73. The van der Waals surface area contributed by atoms with Crippen molar-refractivity contribution in [1.82, 2.24) is 15.1 Å². The van der Waals surface area contributed by atoms with Crippen LogP contribution < -0.4 is 5.32 Å². The fourth-order valence-corrected chi connectivity index (χ4v) is 3.43. The standard InChI is InChI=1S/C17H23BrFN3O/c18-14-1-4-16(19)13(11-14)12-22(15-2-3-15)8-5-17(23)21-9-6-20-7-10-21/h1,4,11,15,20H,2-3,5-10,12H2. The van der Waals surface area contributed by atoms with Gasteiger partial charge in [0.25, 0.3) is 0 Å². The normalized spacial score (nSPS) is 18.5. The van der Waals surface area contributed by atoms with Crippen LogP contribution in [0.25, 0.3) is 0 Å². The number of halogens is 2. The van der Waals surface area contributed by atoms with Crippen molar-refractivity contribution in [3.8, 4) is 0 Å². The van der Waals surface area contributed by atoms with Crippen LogP contribution in [0.15, 0.2) is 22.7 Å². The minimum atomic E-state index is -0.174. The van der Waals surface area contributed by atoms with Gasteiger partial charge in [-0.1, -0.05) is 15.9 Å². The summed E-state index contributed by atoms with van der Waals surface area (Å²) in [6, 6.07) is 5.55. The lowest BCUT2D eigenvalue weighted by atomic mass is 10.2. The summed E-state index contributed by atoms with van der Waals surface area (Å²) in [6.07, 6.45) is 2.82. The lowest BCUT2D eigenvalue weighted by Crippen LogP contribution is -2.47. The molecular weight excluding hydrogens is 361 g/mol. The van der Waals surface area contributed by atoms with Gasteiger partial charge in [-0.25, -0.2) is 4.39 Å². The Kier molecular flexibility index (Phi) is 5.67. The third kappa shape index (κ3) is 4.75. The van der Waals surface area contributed by atoms with Crippen LogP contribution in [0.5, 0.6) is 0 Å². The maximum Gasteiger partial charge on any atom is 0.223 e. The predicted molar refractivity (Wildman–Crippen MR) is 91.6 cm³/mol. The molecule has 1 saturated heterocycles. The van der Waals surface area contributed by atoms with Crippen LogP contribution in [0.3, 0.4) is 0 Å². The maximum absolute atomic E-state index is 14.0. The highest BCUT2D eigenvalue weighted by Gasteiger charge is 2.30. The minimum absolute atomic E-state index is 0.174. The average molecular weight is 384 g/mol. The number of nitrogens with one attached hydrogen (secondary N) is 1. The first-order valence-electron chi connectivity index (χ1n) is 8.30. The number of piperazine rings is 1. The van der Waals surface area contributed by atoms with Crippen LogP contribution in [0.2, 0.25) is 0 Å². The molecule has 2 fully saturated rings. The summed E-state index contributed by atoms with van der Waals surface area (Å²) in [7, 11) is 0. The molecule has 1 aromatic rings. The zero-order valence-electron chi connectivity index (χ0n) is 13.2. The van der Waals surface area contributed by atoms with E-state index >= 15 is 0 Å². The molecule has 1 N–H and O–H groups in total. The Balaban J connectivity index is 1.56. The van der Waals surface area contributed by atoms with E-state index in [1.807, 2.05) is 11.0 Å². The summed E-state index contributed by atoms with van der Waals surface area (Å²) >= 11 is 3.40. The van der Waals surface area contributed by atoms with E-state index in [-0.39, 0.29) is 11.7 Å². The molecule has 0 aromatic heterocycles. The monoisotopic (exact) mass is 383 g/mol. The number of rotatable bonds is 6. The van der Waals surface area contributed by atoms with Crippen LogP contribution in [0, 0.1) is 5.82 Å². The Morgan fingerprint density at radius 3 is 2.78 bits per heavy atom. The summed E-state index contributed by atoms with van der Waals surface area (Å²) in [5.41, 5.74) is 0.695. The van der Waals surface area contributed by atoms with Crippen molar-refractivity contribution in [3.05, 3.63) is 34.1 Å². The maximum atomic E-state index is 14.0. The molecule has 3 rings (SSSR count). The largest absolute Gasteiger partial charge is 0.340 e. The molecule has 23 heavy (non-hydrogen) atoms. The molecule has 1 heterocycles. The van der Waals surface area contributed by atoms with E-state index in [1.54, 1.807) is 6.07 Å². The van der Waals surface area contributed by atoms with Crippen molar-refractivity contribution in [1.29, 1.82) is 0 Å². The van der Waals surface area contributed by atoms with Gasteiger partial charge in [0.2, 0.25) is 5.91 Å². The van der Waals surface area contributed by atoms with Gasteiger partial charge in [-0.05, 0) is 31.0 Å². The lowest BCUT2D eigenvalue weighted by Gasteiger charge is -2.29. The van der Waals surface area contributed by atoms with Gasteiger partial charge in [0.15, 0.2) is 0 Å². The zero-order valence-corrected chi connectivity index (χ0v) is 14.8. The van der Waals surface area contributed by atoms with E-state index in [2.05, 4.69) is 26.1 Å². The van der Waals surface area contributed by atoms with E-state index in [9.17, 15) is 9.18 Å². The van der Waals surface area contributed by atoms with E-state index < -0.39 is 0 Å². The van der Waals surface area contributed by atoms with E-state index in [0.29, 0.717) is 31.1 Å². The molecular formula is C17H23BrFN3O. The Labute approximate surface area is 145 Å². The van der Waals surface area contributed by atoms with Gasteiger partial charge < -0.3 is 10.2 Å². The Morgan fingerprint density at radius 1 is 1.35 bits per heavy atom. The van der Waals surface area contributed by atoms with Crippen molar-refractivity contribution in [2.24, 2.45) is 0 Å². The summed E-state index contributed by atoms with van der Waals surface area (Å²) in [5, 5.41) is 3.26. The molecule has 1 aliphatic heterocycles. The van der Waals surface area contributed by atoms with E-state index in [1.165, 1.54) is 6.07 Å². The van der Waals surface area contributed by atoms with Crippen molar-refractivity contribution in [3.63, 3.8) is 0 Å². The van der Waals surface area contributed by atoms with Gasteiger partial charge in [-0.2, -0.15) is 0 Å². The molecule has 0 bridgehead atoms. The van der Waals surface area contributed by atoms with Crippen LogP contribution in [-0.2, 0) is 11.3 Å². The quantitative estimate of drug-likeness (QED) is 0.818. The highest BCUT2D eigenvalue weighted by atomic mass is 79.9. The molecule has 1 aromatic carbocycles. The number of hydrogen-bond acceptors (Lipinski definition) is 3. The van der Waals surface area contributed by atoms with Crippen LogP contribution in [-0.4, -0.2) is 54.5 Å². The molecule has 2 aliphatic rings. The first kappa shape index (κ1) is 16.9. The predicted octanol–water partition coefficient (Wildman–Crippen LogP) is 2.37. The molecule has 1 aliphatic carbocycles. The third-order valence-corrected chi connectivity index (χ3v) is 5.02. The minimum Gasteiger partial charge on any atom is -0.340 e. The fraction of sp³-hybridized carbons (Fsp3) is 0.588. The lowest BCUT2D eigenvalue weighted by molar-refractivity contribution is -0.132. The Bertz CT molecular complexity index is 559. The zero-order chi connectivity index (χ0) is 16.2. The van der Waals surface area contributed by atoms with E-state index in [0.717, 1.165) is 43.5 Å². The average Bonchev–Trinajstić information content (AvgIpc) is 3.40. The molecule has 4 nitrogen and oxygen atoms in total. The molecule has 0 atom stereocenters. The van der Waals surface area contributed by atoms with Crippen molar-refractivity contribution >= 4 is 21.8 Å². The second-order valence-electron chi connectivity index (χ2n) is 6.32. The molecule has 0 spiro atoms. The molecule has 0 radical (unpaired) electrons. The number of hydrogen-bond donors (Lipinski definition) is 1. The molecule has 1 saturated carbocycles. The van der Waals surface area contributed by atoms with Crippen LogP contribution in [0.4, 0.5) is 4.39 Å². The molecule has 6 heteroatoms. The summed E-state index contributed by atoms with van der Waals surface area (Å²) in [4.78, 5) is 16.5. The summed E-state index contributed by atoms with van der Waals surface area (Å²) in [6.45, 7) is 4.62. The van der Waals surface area contributed by atoms with Gasteiger partial charge >= 0.3 is 0 Å².